The summed E-state index contributed by atoms with van der Waals surface area (Å²) < 4.78 is 37.8. The van der Waals surface area contributed by atoms with Crippen LogP contribution in [0.15, 0.2) is 36.3 Å². The molecule has 1 fully saturated rings. The second-order valence-electron chi connectivity index (χ2n) is 6.71. The molecule has 0 bridgehead atoms. The summed E-state index contributed by atoms with van der Waals surface area (Å²) in [6.07, 6.45) is 0.146. The highest BCUT2D eigenvalue weighted by molar-refractivity contribution is 6.42. The number of carbonyl (C=O) groups is 1. The molecule has 4 N–H and O–H groups in total. The summed E-state index contributed by atoms with van der Waals surface area (Å²) in [5.74, 6) is -0.481. The van der Waals surface area contributed by atoms with E-state index in [4.69, 9.17) is 11.1 Å². The van der Waals surface area contributed by atoms with Gasteiger partial charge in [-0.1, -0.05) is 18.6 Å². The number of hydrogen-bond acceptors (Lipinski definition) is 4. The van der Waals surface area contributed by atoms with Crippen molar-refractivity contribution in [2.24, 2.45) is 11.7 Å². The molecule has 0 unspecified atom stereocenters. The summed E-state index contributed by atoms with van der Waals surface area (Å²) in [7, 11) is 0. The molecule has 1 amide bonds. The van der Waals surface area contributed by atoms with Crippen LogP contribution < -0.4 is 5.73 Å². The number of allylic oxidation sites excluding steroid dienone is 1. The Hall–Kier alpha value is -2.84. The minimum Gasteiger partial charge on any atom is -0.395 e. The molecular formula is C18H20F3N5O. The van der Waals surface area contributed by atoms with Crippen LogP contribution in [0.4, 0.5) is 13.2 Å². The van der Waals surface area contributed by atoms with Crippen LogP contribution in [-0.2, 0) is 11.3 Å². The number of hydrogen-bond donors (Lipinski definition) is 3. The monoisotopic (exact) mass is 379 g/mol. The number of nitrogens with two attached hydrogens (primary N) is 1. The van der Waals surface area contributed by atoms with Crippen molar-refractivity contribution < 1.29 is 18.0 Å². The summed E-state index contributed by atoms with van der Waals surface area (Å²) in [5, 5.41) is 7.78. The van der Waals surface area contributed by atoms with Crippen LogP contribution in [0.2, 0.25) is 0 Å². The topological polar surface area (TPSA) is 98.9 Å². The first kappa shape index (κ1) is 18.9. The van der Waals surface area contributed by atoms with Gasteiger partial charge in [0.05, 0.1) is 17.4 Å². The van der Waals surface area contributed by atoms with Gasteiger partial charge in [-0.3, -0.25) is 10.2 Å². The van der Waals surface area contributed by atoms with Gasteiger partial charge in [0.15, 0.2) is 0 Å². The fourth-order valence-corrected chi connectivity index (χ4v) is 3.04. The van der Waals surface area contributed by atoms with Gasteiger partial charge >= 0.3 is 6.18 Å². The molecule has 0 saturated heterocycles. The van der Waals surface area contributed by atoms with Gasteiger partial charge in [0.25, 0.3) is 5.91 Å². The van der Waals surface area contributed by atoms with E-state index in [-0.39, 0.29) is 6.54 Å². The van der Waals surface area contributed by atoms with Gasteiger partial charge in [0.1, 0.15) is 11.4 Å². The molecule has 2 aromatic rings. The molecule has 0 aliphatic heterocycles. The van der Waals surface area contributed by atoms with E-state index in [1.807, 2.05) is 18.2 Å². The first-order valence-corrected chi connectivity index (χ1v) is 8.59. The molecule has 1 aromatic heterocycles. The van der Waals surface area contributed by atoms with Gasteiger partial charge in [-0.05, 0) is 36.5 Å². The highest BCUT2D eigenvalue weighted by atomic mass is 19.4. The normalized spacial score (nSPS) is 15.6. The first-order valence-electron chi connectivity index (χ1n) is 8.59. The number of alkyl halides is 3. The van der Waals surface area contributed by atoms with Gasteiger partial charge < -0.3 is 15.6 Å². The quantitative estimate of drug-likeness (QED) is 0.673. The molecule has 0 atom stereocenters. The number of nitrogens with zero attached hydrogens (tertiary/aromatic N) is 2. The van der Waals surface area contributed by atoms with Crippen molar-refractivity contribution in [1.29, 1.82) is 5.41 Å². The zero-order chi connectivity index (χ0) is 19.6. The van der Waals surface area contributed by atoms with Crippen LogP contribution in [0.5, 0.6) is 0 Å². The number of amides is 1. The summed E-state index contributed by atoms with van der Waals surface area (Å²) in [5.41, 5.74) is 4.98. The maximum atomic E-state index is 12.7. The number of carbonyl (C=O) groups excluding carboxylic acids is 1. The number of para-hydroxylation sites is 1. The van der Waals surface area contributed by atoms with Crippen molar-refractivity contribution in [3.05, 3.63) is 41.9 Å². The molecule has 9 heteroatoms. The predicted molar refractivity (Wildman–Crippen MR) is 94.9 cm³/mol. The number of aromatic nitrogens is 2. The number of benzene rings is 1. The molecule has 1 saturated carbocycles. The van der Waals surface area contributed by atoms with Gasteiger partial charge in [-0.25, -0.2) is 4.98 Å². The van der Waals surface area contributed by atoms with Crippen LogP contribution >= 0.6 is 0 Å². The molecule has 1 aliphatic carbocycles. The minimum absolute atomic E-state index is 0.166. The predicted octanol–water partition coefficient (Wildman–Crippen LogP) is 3.12. The number of rotatable bonds is 6. The average Bonchev–Trinajstić information content (AvgIpc) is 3.04. The third-order valence-electron chi connectivity index (χ3n) is 4.74. The van der Waals surface area contributed by atoms with Crippen LogP contribution in [0, 0.1) is 11.3 Å². The Kier molecular flexibility index (Phi) is 5.20. The smallest absolute Gasteiger partial charge is 0.395 e. The zero-order valence-electron chi connectivity index (χ0n) is 14.5. The highest BCUT2D eigenvalue weighted by Gasteiger charge is 2.33. The molecule has 3 rings (SSSR count). The fraction of sp³-hybridized carbons (Fsp3) is 0.389. The first-order chi connectivity index (χ1) is 12.8. The van der Waals surface area contributed by atoms with Crippen molar-refractivity contribution in [2.45, 2.75) is 32.0 Å². The number of H-pyrrole nitrogens is 1. The average molecular weight is 379 g/mol. The Labute approximate surface area is 153 Å². The summed E-state index contributed by atoms with van der Waals surface area (Å²) in [4.78, 5) is 21.3. The summed E-state index contributed by atoms with van der Waals surface area (Å²) in [6, 6.07) is 5.47. The van der Waals surface area contributed by atoms with Crippen LogP contribution in [-0.4, -0.2) is 39.2 Å². The van der Waals surface area contributed by atoms with Crippen molar-refractivity contribution in [2.75, 3.05) is 6.54 Å². The molecule has 0 spiro atoms. The van der Waals surface area contributed by atoms with E-state index in [0.29, 0.717) is 24.1 Å². The van der Waals surface area contributed by atoms with E-state index in [2.05, 4.69) is 9.97 Å². The second kappa shape index (κ2) is 7.42. The fourth-order valence-electron chi connectivity index (χ4n) is 3.04. The lowest BCUT2D eigenvalue weighted by Crippen LogP contribution is -2.40. The highest BCUT2D eigenvalue weighted by Crippen LogP contribution is 2.28. The maximum absolute atomic E-state index is 12.7. The molecule has 1 aliphatic rings. The Bertz CT molecular complexity index is 882. The molecule has 27 heavy (non-hydrogen) atoms. The lowest BCUT2D eigenvalue weighted by atomic mass is 9.85. The Morgan fingerprint density at radius 2 is 2.15 bits per heavy atom. The van der Waals surface area contributed by atoms with Gasteiger partial charge in [0, 0.05) is 13.1 Å². The minimum atomic E-state index is -4.77. The van der Waals surface area contributed by atoms with Crippen molar-refractivity contribution >= 4 is 22.7 Å². The van der Waals surface area contributed by atoms with E-state index >= 15 is 0 Å². The molecule has 6 nitrogen and oxygen atoms in total. The second-order valence-corrected chi connectivity index (χ2v) is 6.71. The number of imidazole rings is 1. The lowest BCUT2D eigenvalue weighted by molar-refractivity contribution is -0.125. The maximum Gasteiger partial charge on any atom is 0.430 e. The van der Waals surface area contributed by atoms with E-state index in [0.717, 1.165) is 30.3 Å². The third-order valence-corrected chi connectivity index (χ3v) is 4.74. The SMILES string of the molecule is N=C(C=C(N)C(F)(F)F)C(=O)N(Cc1cccc2[nH]cnc12)CC1CCC1. The van der Waals surface area contributed by atoms with Crippen molar-refractivity contribution in [3.63, 3.8) is 0 Å². The Morgan fingerprint density at radius 1 is 1.41 bits per heavy atom. The van der Waals surface area contributed by atoms with E-state index in [9.17, 15) is 18.0 Å². The van der Waals surface area contributed by atoms with Crippen LogP contribution in [0.25, 0.3) is 11.0 Å². The van der Waals surface area contributed by atoms with E-state index in [1.54, 1.807) is 6.33 Å². The van der Waals surface area contributed by atoms with E-state index < -0.39 is 23.5 Å². The largest absolute Gasteiger partial charge is 0.430 e. The molecule has 1 heterocycles. The number of fused-ring (bicyclic) bond motifs is 1. The van der Waals surface area contributed by atoms with Crippen LogP contribution in [0.1, 0.15) is 24.8 Å². The molecule has 0 radical (unpaired) electrons. The van der Waals surface area contributed by atoms with Gasteiger partial charge in [-0.15, -0.1) is 0 Å². The standard InChI is InChI=1S/C18H20F3N5O/c19-18(20,21)15(23)7-13(22)17(27)26(8-11-3-1-4-11)9-12-5-2-6-14-16(12)25-10-24-14/h2,5-7,10-11,22H,1,3-4,8-9,23H2,(H,24,25). The Balaban J connectivity index is 1.83. The Morgan fingerprint density at radius 3 is 2.78 bits per heavy atom. The van der Waals surface area contributed by atoms with Gasteiger partial charge in [0.2, 0.25) is 0 Å². The summed E-state index contributed by atoms with van der Waals surface area (Å²) >= 11 is 0. The molecule has 1 aromatic carbocycles. The number of aromatic amines is 1. The van der Waals surface area contributed by atoms with Crippen molar-refractivity contribution in [3.8, 4) is 0 Å². The van der Waals surface area contributed by atoms with Gasteiger partial charge in [-0.2, -0.15) is 13.2 Å². The number of nitrogens with one attached hydrogen (secondary N) is 2. The molecule has 144 valence electrons. The zero-order valence-corrected chi connectivity index (χ0v) is 14.5. The number of halogens is 3. The lowest BCUT2D eigenvalue weighted by Gasteiger charge is -2.32. The summed E-state index contributed by atoms with van der Waals surface area (Å²) in [6.45, 7) is 0.557. The van der Waals surface area contributed by atoms with Crippen LogP contribution in [0.3, 0.4) is 0 Å². The molecular weight excluding hydrogens is 359 g/mol. The van der Waals surface area contributed by atoms with E-state index in [1.165, 1.54) is 4.90 Å². The third kappa shape index (κ3) is 4.29. The van der Waals surface area contributed by atoms with Crippen molar-refractivity contribution in [1.82, 2.24) is 14.9 Å².